The largest absolute Gasteiger partial charge is 0.388 e. The molecule has 0 saturated heterocycles. The second-order valence-corrected chi connectivity index (χ2v) is 11.4. The monoisotopic (exact) mass is 400 g/mol. The average molecular weight is 401 g/mol. The molecule has 1 N–H and O–H groups in total. The standard InChI is InChI=1S/C28H48O/c1-21-10-7-12-24(17-18-25-16-15-23(3)27(29)20-25)13-8-14-26(21)22(2)11-9-19-28(4,5)6/h17-18,21-22,26-27,29H,3,7-16,19-20H2,1-2,4-6H3. The normalized spacial score (nSPS) is 31.4. The van der Waals surface area contributed by atoms with Gasteiger partial charge in [-0.3, -0.25) is 0 Å². The zero-order valence-electron chi connectivity index (χ0n) is 20.1. The van der Waals surface area contributed by atoms with Gasteiger partial charge in [0.2, 0.25) is 0 Å². The van der Waals surface area contributed by atoms with E-state index in [0.717, 1.165) is 42.6 Å². The zero-order chi connectivity index (χ0) is 21.4. The molecule has 1 nitrogen and oxygen atoms in total. The third kappa shape index (κ3) is 8.83. The Kier molecular flexibility index (Phi) is 9.73. The van der Waals surface area contributed by atoms with Crippen LogP contribution < -0.4 is 0 Å². The molecule has 2 rings (SSSR count). The summed E-state index contributed by atoms with van der Waals surface area (Å²) in [5.41, 5.74) is 4.51. The lowest BCUT2D eigenvalue weighted by molar-refractivity contribution is 0.197. The van der Waals surface area contributed by atoms with Crippen molar-refractivity contribution in [3.63, 3.8) is 0 Å². The number of aliphatic hydroxyl groups is 1. The first kappa shape index (κ1) is 24.4. The summed E-state index contributed by atoms with van der Waals surface area (Å²) in [6, 6.07) is 0. The van der Waals surface area contributed by atoms with Gasteiger partial charge in [0.15, 0.2) is 0 Å². The highest BCUT2D eigenvalue weighted by molar-refractivity contribution is 5.24. The third-order valence-electron chi connectivity index (χ3n) is 7.49. The summed E-state index contributed by atoms with van der Waals surface area (Å²) in [5, 5.41) is 10.1. The molecular formula is C28H48O. The molecule has 4 unspecified atom stereocenters. The smallest absolute Gasteiger partial charge is 0.0784 e. The SMILES string of the molecule is C=C1CCC(=CC=C2CCCC(C)C(C(C)CCCC(C)(C)C)CCC2)CC1O. The molecule has 0 aromatic rings. The molecule has 0 spiro atoms. The fourth-order valence-electron chi connectivity index (χ4n) is 5.39. The maximum atomic E-state index is 10.1. The summed E-state index contributed by atoms with van der Waals surface area (Å²) in [6.45, 7) is 16.1. The molecule has 166 valence electrons. The number of rotatable bonds is 5. The Balaban J connectivity index is 1.89. The molecule has 0 aliphatic heterocycles. The zero-order valence-corrected chi connectivity index (χ0v) is 20.1. The lowest BCUT2D eigenvalue weighted by atomic mass is 9.76. The molecule has 0 amide bonds. The fourth-order valence-corrected chi connectivity index (χ4v) is 5.39. The summed E-state index contributed by atoms with van der Waals surface area (Å²) in [4.78, 5) is 0. The minimum Gasteiger partial charge on any atom is -0.388 e. The van der Waals surface area contributed by atoms with Gasteiger partial charge in [0.25, 0.3) is 0 Å². The van der Waals surface area contributed by atoms with E-state index in [9.17, 15) is 5.11 Å². The van der Waals surface area contributed by atoms with Crippen LogP contribution in [-0.4, -0.2) is 11.2 Å². The van der Waals surface area contributed by atoms with Crippen LogP contribution >= 0.6 is 0 Å². The van der Waals surface area contributed by atoms with Crippen molar-refractivity contribution >= 4 is 0 Å². The third-order valence-corrected chi connectivity index (χ3v) is 7.49. The van der Waals surface area contributed by atoms with Crippen LogP contribution in [0.4, 0.5) is 0 Å². The van der Waals surface area contributed by atoms with Crippen molar-refractivity contribution in [3.05, 3.63) is 35.5 Å². The van der Waals surface area contributed by atoms with Crippen LogP contribution in [0.15, 0.2) is 35.5 Å². The van der Waals surface area contributed by atoms with Crippen molar-refractivity contribution in [2.45, 2.75) is 118 Å². The minimum absolute atomic E-state index is 0.324. The van der Waals surface area contributed by atoms with Gasteiger partial charge in [-0.2, -0.15) is 0 Å². The summed E-state index contributed by atoms with van der Waals surface area (Å²) >= 11 is 0. The van der Waals surface area contributed by atoms with Gasteiger partial charge >= 0.3 is 0 Å². The molecule has 2 fully saturated rings. The van der Waals surface area contributed by atoms with E-state index in [1.807, 2.05) is 0 Å². The van der Waals surface area contributed by atoms with Crippen LogP contribution in [0.5, 0.6) is 0 Å². The molecule has 0 bridgehead atoms. The van der Waals surface area contributed by atoms with Crippen LogP contribution in [0, 0.1) is 23.2 Å². The number of hydrogen-bond donors (Lipinski definition) is 1. The van der Waals surface area contributed by atoms with Crippen LogP contribution in [0.2, 0.25) is 0 Å². The predicted molar refractivity (Wildman–Crippen MR) is 128 cm³/mol. The van der Waals surface area contributed by atoms with Crippen molar-refractivity contribution in [1.82, 2.24) is 0 Å². The summed E-state index contributed by atoms with van der Waals surface area (Å²) in [7, 11) is 0. The number of hydrogen-bond acceptors (Lipinski definition) is 1. The van der Waals surface area contributed by atoms with Gasteiger partial charge in [-0.1, -0.05) is 83.8 Å². The van der Waals surface area contributed by atoms with E-state index in [1.165, 1.54) is 63.4 Å². The maximum absolute atomic E-state index is 10.1. The van der Waals surface area contributed by atoms with Crippen molar-refractivity contribution < 1.29 is 5.11 Å². The summed E-state index contributed by atoms with van der Waals surface area (Å²) in [6.07, 6.45) is 19.3. The van der Waals surface area contributed by atoms with Gasteiger partial charge in [0.05, 0.1) is 6.10 Å². The van der Waals surface area contributed by atoms with Crippen LogP contribution in [0.1, 0.15) is 112 Å². The Morgan fingerprint density at radius 1 is 1.03 bits per heavy atom. The second-order valence-electron chi connectivity index (χ2n) is 11.4. The summed E-state index contributed by atoms with van der Waals surface area (Å²) in [5.74, 6) is 2.61. The first-order valence-corrected chi connectivity index (χ1v) is 12.4. The molecule has 29 heavy (non-hydrogen) atoms. The van der Waals surface area contributed by atoms with Crippen molar-refractivity contribution in [2.75, 3.05) is 0 Å². The van der Waals surface area contributed by atoms with Gasteiger partial charge in [-0.25, -0.2) is 0 Å². The molecule has 0 heterocycles. The van der Waals surface area contributed by atoms with Crippen molar-refractivity contribution in [3.8, 4) is 0 Å². The Labute approximate surface area is 181 Å². The molecule has 1 heteroatoms. The van der Waals surface area contributed by atoms with E-state index in [0.29, 0.717) is 5.41 Å². The van der Waals surface area contributed by atoms with Crippen LogP contribution in [0.3, 0.4) is 0 Å². The second kappa shape index (κ2) is 11.5. The number of aliphatic hydroxyl groups excluding tert-OH is 1. The predicted octanol–water partition coefficient (Wildman–Crippen LogP) is 8.40. The quantitative estimate of drug-likeness (QED) is 0.459. The molecule has 0 aromatic carbocycles. The van der Waals surface area contributed by atoms with Crippen LogP contribution in [-0.2, 0) is 0 Å². The van der Waals surface area contributed by atoms with E-state index in [2.05, 4.69) is 53.3 Å². The Bertz CT molecular complexity index is 574. The topological polar surface area (TPSA) is 20.2 Å². The van der Waals surface area contributed by atoms with Gasteiger partial charge in [0, 0.05) is 0 Å². The molecule has 0 aromatic heterocycles. The lowest BCUT2D eigenvalue weighted by Gasteiger charge is -2.30. The van der Waals surface area contributed by atoms with Gasteiger partial charge in [-0.15, -0.1) is 0 Å². The van der Waals surface area contributed by atoms with E-state index >= 15 is 0 Å². The highest BCUT2D eigenvalue weighted by Gasteiger charge is 2.25. The maximum Gasteiger partial charge on any atom is 0.0784 e. The Morgan fingerprint density at radius 3 is 2.34 bits per heavy atom. The van der Waals surface area contributed by atoms with E-state index in [4.69, 9.17) is 0 Å². The first-order valence-electron chi connectivity index (χ1n) is 12.4. The van der Waals surface area contributed by atoms with Crippen molar-refractivity contribution in [2.24, 2.45) is 23.2 Å². The molecular weight excluding hydrogens is 352 g/mol. The van der Waals surface area contributed by atoms with Gasteiger partial charge < -0.3 is 5.11 Å². The Morgan fingerprint density at radius 2 is 1.69 bits per heavy atom. The lowest BCUT2D eigenvalue weighted by Crippen LogP contribution is -2.20. The first-order chi connectivity index (χ1) is 13.7. The molecule has 4 atom stereocenters. The van der Waals surface area contributed by atoms with E-state index in [1.54, 1.807) is 5.57 Å². The molecule has 0 radical (unpaired) electrons. The molecule has 2 aliphatic carbocycles. The van der Waals surface area contributed by atoms with E-state index < -0.39 is 0 Å². The Hall–Kier alpha value is -0.820. The molecule has 2 saturated carbocycles. The highest BCUT2D eigenvalue weighted by Crippen LogP contribution is 2.36. The minimum atomic E-state index is -0.324. The number of allylic oxidation sites excluding steroid dienone is 3. The van der Waals surface area contributed by atoms with E-state index in [-0.39, 0.29) is 6.10 Å². The van der Waals surface area contributed by atoms with Crippen molar-refractivity contribution in [1.29, 1.82) is 0 Å². The fraction of sp³-hybridized carbons (Fsp3) is 0.786. The highest BCUT2D eigenvalue weighted by atomic mass is 16.3. The van der Waals surface area contributed by atoms with Crippen LogP contribution in [0.25, 0.3) is 0 Å². The van der Waals surface area contributed by atoms with Gasteiger partial charge in [0.1, 0.15) is 0 Å². The summed E-state index contributed by atoms with van der Waals surface area (Å²) < 4.78 is 0. The average Bonchev–Trinajstić information content (AvgIpc) is 2.72. The van der Waals surface area contributed by atoms with Gasteiger partial charge in [-0.05, 0) is 86.5 Å². The molecule has 2 aliphatic rings.